The third kappa shape index (κ3) is 3.23. The highest BCUT2D eigenvalue weighted by atomic mass is 32.1. The van der Waals surface area contributed by atoms with Crippen LogP contribution in [0.15, 0.2) is 18.5 Å². The van der Waals surface area contributed by atoms with Crippen LogP contribution in [0.25, 0.3) is 0 Å². The van der Waals surface area contributed by atoms with Crippen LogP contribution in [0.2, 0.25) is 0 Å². The van der Waals surface area contributed by atoms with Gasteiger partial charge in [-0.05, 0) is 25.0 Å². The molecule has 0 bridgehead atoms. The average molecular weight is 277 g/mol. The Hall–Kier alpha value is -1.62. The Morgan fingerprint density at radius 3 is 2.95 bits per heavy atom. The molecule has 4 nitrogen and oxygen atoms in total. The Kier molecular flexibility index (Phi) is 4.37. The van der Waals surface area contributed by atoms with Crippen LogP contribution in [0.5, 0.6) is 0 Å². The lowest BCUT2D eigenvalue weighted by Crippen LogP contribution is -2.25. The lowest BCUT2D eigenvalue weighted by Gasteiger charge is -2.14. The van der Waals surface area contributed by atoms with E-state index in [1.807, 2.05) is 19.3 Å². The molecule has 2 rings (SSSR count). The van der Waals surface area contributed by atoms with Gasteiger partial charge in [0.15, 0.2) is 0 Å². The van der Waals surface area contributed by atoms with Gasteiger partial charge in [0.2, 0.25) is 0 Å². The zero-order valence-electron chi connectivity index (χ0n) is 11.6. The molecule has 0 spiro atoms. The Labute approximate surface area is 117 Å². The third-order valence-electron chi connectivity index (χ3n) is 3.07. The van der Waals surface area contributed by atoms with E-state index in [-0.39, 0.29) is 5.91 Å². The molecule has 0 aliphatic rings. The predicted molar refractivity (Wildman–Crippen MR) is 77.4 cm³/mol. The molecule has 19 heavy (non-hydrogen) atoms. The van der Waals surface area contributed by atoms with Gasteiger partial charge in [0, 0.05) is 30.2 Å². The number of carbonyl (C=O) groups is 1. The van der Waals surface area contributed by atoms with Gasteiger partial charge in [-0.25, -0.2) is 0 Å². The molecule has 2 aromatic rings. The maximum atomic E-state index is 12.3. The molecule has 0 saturated heterocycles. The van der Waals surface area contributed by atoms with Crippen LogP contribution in [0.3, 0.4) is 0 Å². The van der Waals surface area contributed by atoms with Gasteiger partial charge in [0.25, 0.3) is 5.91 Å². The van der Waals surface area contributed by atoms with Gasteiger partial charge in [-0.1, -0.05) is 13.3 Å². The average Bonchev–Trinajstić information content (AvgIpc) is 3.00. The van der Waals surface area contributed by atoms with E-state index in [0.717, 1.165) is 23.3 Å². The molecule has 0 saturated carbocycles. The molecule has 1 amide bonds. The summed E-state index contributed by atoms with van der Waals surface area (Å²) < 4.78 is 0. The Morgan fingerprint density at radius 2 is 2.32 bits per heavy atom. The van der Waals surface area contributed by atoms with Gasteiger partial charge in [-0.2, -0.15) is 5.10 Å². The van der Waals surface area contributed by atoms with E-state index in [0.29, 0.717) is 6.54 Å². The molecule has 0 fully saturated rings. The minimum absolute atomic E-state index is 0.0802. The van der Waals surface area contributed by atoms with Crippen LogP contribution in [0.4, 0.5) is 0 Å². The monoisotopic (exact) mass is 277 g/mol. The van der Waals surface area contributed by atoms with Gasteiger partial charge >= 0.3 is 0 Å². The summed E-state index contributed by atoms with van der Waals surface area (Å²) in [6, 6.07) is 2.04. The maximum Gasteiger partial charge on any atom is 0.263 e. The minimum Gasteiger partial charge on any atom is -0.337 e. The van der Waals surface area contributed by atoms with Gasteiger partial charge in [0.05, 0.1) is 11.1 Å². The summed E-state index contributed by atoms with van der Waals surface area (Å²) in [5, 5.41) is 6.65. The zero-order valence-corrected chi connectivity index (χ0v) is 12.4. The van der Waals surface area contributed by atoms with E-state index in [9.17, 15) is 4.79 Å². The largest absolute Gasteiger partial charge is 0.337 e. The summed E-state index contributed by atoms with van der Waals surface area (Å²) in [5.41, 5.74) is 2.31. The second-order valence-electron chi connectivity index (χ2n) is 4.71. The van der Waals surface area contributed by atoms with Crippen LogP contribution in [0, 0.1) is 6.92 Å². The first-order valence-electron chi connectivity index (χ1n) is 6.44. The van der Waals surface area contributed by atoms with Gasteiger partial charge in [0.1, 0.15) is 0 Å². The number of amides is 1. The topological polar surface area (TPSA) is 49.0 Å². The summed E-state index contributed by atoms with van der Waals surface area (Å²) in [6.45, 7) is 4.82. The summed E-state index contributed by atoms with van der Waals surface area (Å²) in [5.74, 6) is 0.0802. The molecule has 0 aliphatic heterocycles. The number of aromatic amines is 1. The molecule has 102 valence electrons. The predicted octanol–water partition coefficient (Wildman–Crippen LogP) is 3.00. The number of nitrogens with one attached hydrogen (secondary N) is 1. The molecule has 0 atom stereocenters. The van der Waals surface area contributed by atoms with E-state index in [1.165, 1.54) is 10.4 Å². The number of hydrogen-bond acceptors (Lipinski definition) is 3. The van der Waals surface area contributed by atoms with Crippen LogP contribution >= 0.6 is 11.3 Å². The lowest BCUT2D eigenvalue weighted by atomic mass is 10.1. The van der Waals surface area contributed by atoms with Crippen molar-refractivity contribution in [1.29, 1.82) is 0 Å². The van der Waals surface area contributed by atoms with Crippen molar-refractivity contribution in [2.45, 2.75) is 33.2 Å². The van der Waals surface area contributed by atoms with E-state index >= 15 is 0 Å². The third-order valence-corrected chi connectivity index (χ3v) is 4.15. The summed E-state index contributed by atoms with van der Waals surface area (Å²) in [6.07, 6.45) is 5.70. The van der Waals surface area contributed by atoms with Crippen molar-refractivity contribution in [2.24, 2.45) is 0 Å². The molecule has 0 radical (unpaired) electrons. The normalized spacial score (nSPS) is 10.7. The first kappa shape index (κ1) is 13.8. The standard InChI is InChI=1S/C14H19N3OS/c1-4-5-12-6-13(19-10(12)2)14(18)17(3)9-11-7-15-16-8-11/h6-8H,4-5,9H2,1-3H3,(H,15,16). The van der Waals surface area contributed by atoms with Crippen molar-refractivity contribution in [1.82, 2.24) is 15.1 Å². The molecule has 5 heteroatoms. The molecule has 2 heterocycles. The van der Waals surface area contributed by atoms with Crippen molar-refractivity contribution in [3.05, 3.63) is 39.3 Å². The van der Waals surface area contributed by atoms with Crippen molar-refractivity contribution in [3.63, 3.8) is 0 Å². The van der Waals surface area contributed by atoms with E-state index < -0.39 is 0 Å². The fourth-order valence-corrected chi connectivity index (χ4v) is 3.11. The highest BCUT2D eigenvalue weighted by Crippen LogP contribution is 2.24. The number of aryl methyl sites for hydroxylation is 2. The molecule has 2 aromatic heterocycles. The summed E-state index contributed by atoms with van der Waals surface area (Å²) in [7, 11) is 1.82. The number of H-pyrrole nitrogens is 1. The highest BCUT2D eigenvalue weighted by molar-refractivity contribution is 7.14. The first-order chi connectivity index (χ1) is 9.11. The second kappa shape index (κ2) is 6.02. The highest BCUT2D eigenvalue weighted by Gasteiger charge is 2.16. The van der Waals surface area contributed by atoms with Crippen molar-refractivity contribution in [3.8, 4) is 0 Å². The maximum absolute atomic E-state index is 12.3. The quantitative estimate of drug-likeness (QED) is 0.913. The Morgan fingerprint density at radius 1 is 1.53 bits per heavy atom. The number of aromatic nitrogens is 2. The number of carbonyl (C=O) groups excluding carboxylic acids is 1. The minimum atomic E-state index is 0.0802. The van der Waals surface area contributed by atoms with Crippen molar-refractivity contribution in [2.75, 3.05) is 7.05 Å². The second-order valence-corrected chi connectivity index (χ2v) is 5.97. The number of hydrogen-bond donors (Lipinski definition) is 1. The molecule has 0 aromatic carbocycles. The number of thiophene rings is 1. The van der Waals surface area contributed by atoms with E-state index in [4.69, 9.17) is 0 Å². The fourth-order valence-electron chi connectivity index (χ4n) is 2.04. The van der Waals surface area contributed by atoms with Crippen LogP contribution < -0.4 is 0 Å². The van der Waals surface area contributed by atoms with Crippen LogP contribution in [-0.4, -0.2) is 28.1 Å². The Balaban J connectivity index is 2.08. The van der Waals surface area contributed by atoms with Gasteiger partial charge in [-0.15, -0.1) is 11.3 Å². The molecule has 0 aliphatic carbocycles. The fraction of sp³-hybridized carbons (Fsp3) is 0.429. The number of rotatable bonds is 5. The smallest absolute Gasteiger partial charge is 0.263 e. The SMILES string of the molecule is CCCc1cc(C(=O)N(C)Cc2cn[nH]c2)sc1C. The molecule has 0 unspecified atom stereocenters. The van der Waals surface area contributed by atoms with Crippen LogP contribution in [0.1, 0.15) is 39.0 Å². The number of nitrogens with zero attached hydrogens (tertiary/aromatic N) is 2. The van der Waals surface area contributed by atoms with Crippen molar-refractivity contribution >= 4 is 17.2 Å². The van der Waals surface area contributed by atoms with E-state index in [1.54, 1.807) is 22.4 Å². The Bertz CT molecular complexity index is 545. The van der Waals surface area contributed by atoms with Crippen molar-refractivity contribution < 1.29 is 4.79 Å². The molecular formula is C14H19N3OS. The van der Waals surface area contributed by atoms with E-state index in [2.05, 4.69) is 24.0 Å². The molecule has 1 N–H and O–H groups in total. The summed E-state index contributed by atoms with van der Waals surface area (Å²) in [4.78, 5) is 16.2. The van der Waals surface area contributed by atoms with Gasteiger partial charge in [-0.3, -0.25) is 9.89 Å². The first-order valence-corrected chi connectivity index (χ1v) is 7.26. The molecular weight excluding hydrogens is 258 g/mol. The summed E-state index contributed by atoms with van der Waals surface area (Å²) >= 11 is 1.59. The lowest BCUT2D eigenvalue weighted by molar-refractivity contribution is 0.0790. The zero-order chi connectivity index (χ0) is 13.8. The van der Waals surface area contributed by atoms with Crippen LogP contribution in [-0.2, 0) is 13.0 Å². The van der Waals surface area contributed by atoms with Gasteiger partial charge < -0.3 is 4.90 Å².